The summed E-state index contributed by atoms with van der Waals surface area (Å²) < 4.78 is 0. The second kappa shape index (κ2) is 5.26. The first kappa shape index (κ1) is 14.5. The van der Waals surface area contributed by atoms with Crippen molar-refractivity contribution in [3.05, 3.63) is 35.4 Å². The summed E-state index contributed by atoms with van der Waals surface area (Å²) in [7, 11) is 4.41. The number of hydrogen-bond donors (Lipinski definition) is 1. The van der Waals surface area contributed by atoms with Crippen LogP contribution in [-0.4, -0.2) is 37.6 Å². The van der Waals surface area contributed by atoms with E-state index in [0.717, 1.165) is 19.5 Å². The van der Waals surface area contributed by atoms with Crippen LogP contribution in [0.4, 0.5) is 0 Å². The van der Waals surface area contributed by atoms with E-state index in [4.69, 9.17) is 0 Å². The Morgan fingerprint density at radius 1 is 1.16 bits per heavy atom. The zero-order valence-corrected chi connectivity index (χ0v) is 13.1. The molecular weight excluding hydrogens is 232 g/mol. The molecule has 1 N–H and O–H groups in total. The Morgan fingerprint density at radius 3 is 2.21 bits per heavy atom. The average molecular weight is 260 g/mol. The first-order valence-corrected chi connectivity index (χ1v) is 7.31. The van der Waals surface area contributed by atoms with E-state index in [9.17, 15) is 0 Å². The van der Waals surface area contributed by atoms with Gasteiger partial charge < -0.3 is 10.2 Å². The van der Waals surface area contributed by atoms with Crippen molar-refractivity contribution in [1.29, 1.82) is 0 Å². The van der Waals surface area contributed by atoms with E-state index in [2.05, 4.69) is 69.3 Å². The van der Waals surface area contributed by atoms with Crippen molar-refractivity contribution in [3.63, 3.8) is 0 Å². The standard InChI is InChI=1S/C17H28N2/c1-16(2,3)15-8-6-14(7-9-15)12-17(19(4)5)10-11-18-13-17/h6-9,18H,10-13H2,1-5H3. The third-order valence-electron chi connectivity index (χ3n) is 4.52. The number of nitrogens with zero attached hydrogens (tertiary/aromatic N) is 1. The molecule has 0 spiro atoms. The van der Waals surface area contributed by atoms with Gasteiger partial charge in [0, 0.05) is 12.1 Å². The highest BCUT2D eigenvalue weighted by atomic mass is 15.2. The lowest BCUT2D eigenvalue weighted by molar-refractivity contribution is 0.172. The predicted molar refractivity (Wildman–Crippen MR) is 82.8 cm³/mol. The van der Waals surface area contributed by atoms with Crippen LogP contribution in [-0.2, 0) is 11.8 Å². The molecule has 1 unspecified atom stereocenters. The second-order valence-corrected chi connectivity index (χ2v) is 7.17. The largest absolute Gasteiger partial charge is 0.315 e. The summed E-state index contributed by atoms with van der Waals surface area (Å²) in [5, 5.41) is 3.51. The van der Waals surface area contributed by atoms with E-state index in [1.165, 1.54) is 17.5 Å². The van der Waals surface area contributed by atoms with Crippen LogP contribution in [0.3, 0.4) is 0 Å². The van der Waals surface area contributed by atoms with Gasteiger partial charge in [0.05, 0.1) is 0 Å². The van der Waals surface area contributed by atoms with E-state index < -0.39 is 0 Å². The quantitative estimate of drug-likeness (QED) is 0.899. The molecule has 106 valence electrons. The van der Waals surface area contributed by atoms with Gasteiger partial charge in [-0.1, -0.05) is 45.0 Å². The average Bonchev–Trinajstić information content (AvgIpc) is 2.78. The number of hydrogen-bond acceptors (Lipinski definition) is 2. The smallest absolute Gasteiger partial charge is 0.0380 e. The summed E-state index contributed by atoms with van der Waals surface area (Å²) >= 11 is 0. The third kappa shape index (κ3) is 3.18. The Balaban J connectivity index is 2.15. The highest BCUT2D eigenvalue weighted by Crippen LogP contribution is 2.27. The monoisotopic (exact) mass is 260 g/mol. The maximum Gasteiger partial charge on any atom is 0.0380 e. The van der Waals surface area contributed by atoms with Crippen LogP contribution in [0.15, 0.2) is 24.3 Å². The molecule has 0 saturated carbocycles. The zero-order chi connectivity index (χ0) is 14.1. The van der Waals surface area contributed by atoms with E-state index in [1.54, 1.807) is 0 Å². The van der Waals surface area contributed by atoms with Gasteiger partial charge >= 0.3 is 0 Å². The molecule has 0 bridgehead atoms. The van der Waals surface area contributed by atoms with Gasteiger partial charge in [0.1, 0.15) is 0 Å². The van der Waals surface area contributed by atoms with Gasteiger partial charge in [-0.15, -0.1) is 0 Å². The molecule has 1 saturated heterocycles. The Kier molecular flexibility index (Phi) is 4.03. The van der Waals surface area contributed by atoms with Gasteiger partial charge in [-0.05, 0) is 50.0 Å². The molecule has 1 heterocycles. The first-order chi connectivity index (χ1) is 8.83. The minimum Gasteiger partial charge on any atom is -0.315 e. The molecule has 0 aliphatic carbocycles. The number of nitrogens with one attached hydrogen (secondary N) is 1. The van der Waals surface area contributed by atoms with Gasteiger partial charge in [-0.25, -0.2) is 0 Å². The molecule has 1 aliphatic rings. The van der Waals surface area contributed by atoms with Crippen LogP contribution in [0.25, 0.3) is 0 Å². The van der Waals surface area contributed by atoms with Crippen molar-refractivity contribution in [3.8, 4) is 0 Å². The highest BCUT2D eigenvalue weighted by molar-refractivity contribution is 5.29. The van der Waals surface area contributed by atoms with E-state index in [1.807, 2.05) is 0 Å². The SMILES string of the molecule is CN(C)C1(Cc2ccc(C(C)(C)C)cc2)CCNC1. The van der Waals surface area contributed by atoms with Gasteiger partial charge in [0.15, 0.2) is 0 Å². The van der Waals surface area contributed by atoms with Crippen LogP contribution in [0.5, 0.6) is 0 Å². The van der Waals surface area contributed by atoms with Crippen LogP contribution >= 0.6 is 0 Å². The normalized spacial score (nSPS) is 24.1. The summed E-state index contributed by atoms with van der Waals surface area (Å²) in [5.41, 5.74) is 3.40. The summed E-state index contributed by atoms with van der Waals surface area (Å²) in [6.45, 7) is 9.04. The number of benzene rings is 1. The molecule has 19 heavy (non-hydrogen) atoms. The fourth-order valence-corrected chi connectivity index (χ4v) is 2.92. The van der Waals surface area contributed by atoms with Crippen LogP contribution in [0, 0.1) is 0 Å². The van der Waals surface area contributed by atoms with Crippen molar-refractivity contribution < 1.29 is 0 Å². The van der Waals surface area contributed by atoms with Crippen molar-refractivity contribution >= 4 is 0 Å². The fourth-order valence-electron chi connectivity index (χ4n) is 2.92. The molecule has 2 nitrogen and oxygen atoms in total. The van der Waals surface area contributed by atoms with Crippen LogP contribution in [0.1, 0.15) is 38.3 Å². The van der Waals surface area contributed by atoms with Gasteiger partial charge in [-0.2, -0.15) is 0 Å². The summed E-state index contributed by atoms with van der Waals surface area (Å²) in [6.07, 6.45) is 2.37. The molecule has 2 heteroatoms. The van der Waals surface area contributed by atoms with Gasteiger partial charge in [0.25, 0.3) is 0 Å². The topological polar surface area (TPSA) is 15.3 Å². The van der Waals surface area contributed by atoms with E-state index >= 15 is 0 Å². The minimum absolute atomic E-state index is 0.243. The fraction of sp³-hybridized carbons (Fsp3) is 0.647. The number of likely N-dealkylation sites (N-methyl/N-ethyl adjacent to an activating group) is 1. The second-order valence-electron chi connectivity index (χ2n) is 7.17. The number of rotatable bonds is 3. The van der Waals surface area contributed by atoms with Crippen LogP contribution in [0.2, 0.25) is 0 Å². The Labute approximate surface area is 118 Å². The molecule has 0 radical (unpaired) electrons. The Bertz CT molecular complexity index is 406. The molecule has 0 amide bonds. The van der Waals surface area contributed by atoms with Crippen molar-refractivity contribution in [2.24, 2.45) is 0 Å². The van der Waals surface area contributed by atoms with Crippen molar-refractivity contribution in [2.75, 3.05) is 27.2 Å². The molecule has 2 rings (SSSR count). The van der Waals surface area contributed by atoms with Crippen molar-refractivity contribution in [2.45, 2.75) is 44.6 Å². The van der Waals surface area contributed by atoms with E-state index in [0.29, 0.717) is 5.54 Å². The van der Waals surface area contributed by atoms with Gasteiger partial charge in [0.2, 0.25) is 0 Å². The van der Waals surface area contributed by atoms with Gasteiger partial charge in [-0.3, -0.25) is 0 Å². The first-order valence-electron chi connectivity index (χ1n) is 7.31. The minimum atomic E-state index is 0.243. The molecule has 1 fully saturated rings. The molecule has 1 atom stereocenters. The maximum absolute atomic E-state index is 3.51. The Hall–Kier alpha value is -0.860. The predicted octanol–water partition coefficient (Wildman–Crippen LogP) is 2.82. The highest BCUT2D eigenvalue weighted by Gasteiger charge is 2.35. The lowest BCUT2D eigenvalue weighted by Gasteiger charge is -2.36. The van der Waals surface area contributed by atoms with Crippen molar-refractivity contribution in [1.82, 2.24) is 10.2 Å². The molecule has 1 aromatic rings. The van der Waals surface area contributed by atoms with Crippen LogP contribution < -0.4 is 5.32 Å². The Morgan fingerprint density at radius 2 is 1.79 bits per heavy atom. The summed E-state index contributed by atoms with van der Waals surface area (Å²) in [5.74, 6) is 0. The lowest BCUT2D eigenvalue weighted by atomic mass is 9.84. The summed E-state index contributed by atoms with van der Waals surface area (Å²) in [4.78, 5) is 2.39. The molecule has 0 aromatic heterocycles. The molecule has 1 aliphatic heterocycles. The third-order valence-corrected chi connectivity index (χ3v) is 4.52. The molecular formula is C17H28N2. The summed E-state index contributed by atoms with van der Waals surface area (Å²) in [6, 6.07) is 9.20. The van der Waals surface area contributed by atoms with E-state index in [-0.39, 0.29) is 5.41 Å². The lowest BCUT2D eigenvalue weighted by Crippen LogP contribution is -2.47. The zero-order valence-electron chi connectivity index (χ0n) is 13.1. The molecule has 1 aromatic carbocycles. The maximum atomic E-state index is 3.51.